The van der Waals surface area contributed by atoms with Crippen molar-refractivity contribution in [3.05, 3.63) is 71.5 Å². The lowest BCUT2D eigenvalue weighted by atomic mass is 9.68. The molecule has 2 aromatic carbocycles. The first-order chi connectivity index (χ1) is 12.6. The fourth-order valence-corrected chi connectivity index (χ4v) is 4.69. The van der Waals surface area contributed by atoms with Crippen molar-refractivity contribution < 1.29 is 9.18 Å². The molecule has 2 aliphatic heterocycles. The highest BCUT2D eigenvalue weighted by molar-refractivity contribution is 5.86. The minimum atomic E-state index is -0.268. The molecule has 26 heavy (non-hydrogen) atoms. The van der Waals surface area contributed by atoms with Gasteiger partial charge in [0.2, 0.25) is 5.91 Å². The van der Waals surface area contributed by atoms with Gasteiger partial charge >= 0.3 is 0 Å². The summed E-state index contributed by atoms with van der Waals surface area (Å²) in [6.45, 7) is 3.43. The third-order valence-electron chi connectivity index (χ3n) is 6.17. The van der Waals surface area contributed by atoms with E-state index >= 15 is 0 Å². The molecular formula is C22H25FN2O. The van der Waals surface area contributed by atoms with Crippen molar-refractivity contribution in [2.75, 3.05) is 26.7 Å². The number of carbonyl (C=O) groups excluding carboxylic acids is 1. The summed E-state index contributed by atoms with van der Waals surface area (Å²) in [4.78, 5) is 17.3. The highest BCUT2D eigenvalue weighted by Crippen LogP contribution is 2.50. The summed E-state index contributed by atoms with van der Waals surface area (Å²) in [5.74, 6) is 0.374. The fraction of sp³-hybridized carbons (Fsp3) is 0.409. The molecule has 2 aromatic rings. The molecule has 136 valence electrons. The lowest BCUT2D eigenvalue weighted by Crippen LogP contribution is -2.45. The number of carbonyl (C=O) groups is 1. The quantitative estimate of drug-likeness (QED) is 0.842. The van der Waals surface area contributed by atoms with E-state index < -0.39 is 0 Å². The number of halogens is 1. The van der Waals surface area contributed by atoms with Crippen LogP contribution in [0.25, 0.3) is 0 Å². The molecule has 0 bridgehead atoms. The van der Waals surface area contributed by atoms with Gasteiger partial charge in [0.15, 0.2) is 0 Å². The lowest BCUT2D eigenvalue weighted by Gasteiger charge is -2.41. The van der Waals surface area contributed by atoms with E-state index in [2.05, 4.69) is 29.2 Å². The van der Waals surface area contributed by atoms with E-state index in [1.54, 1.807) is 0 Å². The van der Waals surface area contributed by atoms with Crippen molar-refractivity contribution >= 4 is 5.91 Å². The SMILES string of the molecule is CN1C[C@H](c2ccccc2)C2(CCN(Cc3ccc(F)cc3)CC2)C1=O. The van der Waals surface area contributed by atoms with E-state index in [0.29, 0.717) is 5.91 Å². The van der Waals surface area contributed by atoms with Crippen molar-refractivity contribution in [3.8, 4) is 0 Å². The summed E-state index contributed by atoms with van der Waals surface area (Å²) >= 11 is 0. The molecule has 0 unspecified atom stereocenters. The fourth-order valence-electron chi connectivity index (χ4n) is 4.69. The van der Waals surface area contributed by atoms with E-state index in [1.165, 1.54) is 17.7 Å². The van der Waals surface area contributed by atoms with Gasteiger partial charge in [-0.3, -0.25) is 9.69 Å². The first kappa shape index (κ1) is 17.2. The number of rotatable bonds is 3. The van der Waals surface area contributed by atoms with E-state index in [1.807, 2.05) is 30.1 Å². The Morgan fingerprint density at radius 2 is 1.69 bits per heavy atom. The van der Waals surface area contributed by atoms with Crippen LogP contribution in [0.2, 0.25) is 0 Å². The number of amides is 1. The van der Waals surface area contributed by atoms with E-state index in [-0.39, 0.29) is 17.2 Å². The molecule has 0 N–H and O–H groups in total. The Morgan fingerprint density at radius 3 is 2.35 bits per heavy atom. The molecule has 1 amide bonds. The van der Waals surface area contributed by atoms with Gasteiger partial charge in [0.25, 0.3) is 0 Å². The van der Waals surface area contributed by atoms with Gasteiger partial charge < -0.3 is 4.90 Å². The maximum atomic E-state index is 13.1. The van der Waals surface area contributed by atoms with Crippen LogP contribution in [0.3, 0.4) is 0 Å². The second kappa shape index (κ2) is 6.84. The maximum Gasteiger partial charge on any atom is 0.229 e. The molecule has 2 heterocycles. The summed E-state index contributed by atoms with van der Waals surface area (Å²) in [6, 6.07) is 17.2. The Kier molecular flexibility index (Phi) is 4.53. The molecule has 0 saturated carbocycles. The summed E-state index contributed by atoms with van der Waals surface area (Å²) in [6.07, 6.45) is 1.77. The minimum Gasteiger partial charge on any atom is -0.345 e. The van der Waals surface area contributed by atoms with Gasteiger partial charge in [-0.15, -0.1) is 0 Å². The molecule has 0 aromatic heterocycles. The Hall–Kier alpha value is -2.20. The number of benzene rings is 2. The lowest BCUT2D eigenvalue weighted by molar-refractivity contribution is -0.137. The van der Waals surface area contributed by atoms with Crippen LogP contribution in [0.1, 0.15) is 29.9 Å². The standard InChI is InChI=1S/C22H25FN2O/c1-24-16-20(18-5-3-2-4-6-18)22(21(24)26)11-13-25(14-12-22)15-17-7-9-19(23)10-8-17/h2-10,20H,11-16H2,1H3/t20-/m1/s1. The van der Waals surface area contributed by atoms with Crippen LogP contribution in [0.15, 0.2) is 54.6 Å². The highest BCUT2D eigenvalue weighted by Gasteiger charge is 2.54. The number of likely N-dealkylation sites (N-methyl/N-ethyl adjacent to an activating group) is 1. The highest BCUT2D eigenvalue weighted by atomic mass is 19.1. The zero-order valence-corrected chi connectivity index (χ0v) is 15.2. The van der Waals surface area contributed by atoms with Gasteiger partial charge in [-0.05, 0) is 49.2 Å². The summed E-state index contributed by atoms with van der Waals surface area (Å²) < 4.78 is 13.1. The molecule has 2 aliphatic rings. The molecule has 0 aliphatic carbocycles. The Bertz CT molecular complexity index is 766. The van der Waals surface area contributed by atoms with Crippen LogP contribution >= 0.6 is 0 Å². The zero-order valence-electron chi connectivity index (χ0n) is 15.2. The van der Waals surface area contributed by atoms with Gasteiger partial charge in [0, 0.05) is 26.1 Å². The number of piperidine rings is 1. The summed E-state index contributed by atoms with van der Waals surface area (Å²) in [5, 5.41) is 0. The minimum absolute atomic E-state index is 0.198. The molecule has 1 spiro atoms. The molecular weight excluding hydrogens is 327 g/mol. The maximum absolute atomic E-state index is 13.1. The molecule has 4 rings (SSSR count). The molecule has 2 saturated heterocycles. The van der Waals surface area contributed by atoms with Gasteiger partial charge in [-0.2, -0.15) is 0 Å². The number of nitrogens with zero attached hydrogens (tertiary/aromatic N) is 2. The van der Waals surface area contributed by atoms with Crippen molar-refractivity contribution in [1.29, 1.82) is 0 Å². The van der Waals surface area contributed by atoms with Crippen LogP contribution in [0, 0.1) is 11.2 Å². The second-order valence-corrected chi connectivity index (χ2v) is 7.71. The number of likely N-dealkylation sites (tertiary alicyclic amines) is 2. The van der Waals surface area contributed by atoms with Crippen LogP contribution in [-0.4, -0.2) is 42.4 Å². The van der Waals surface area contributed by atoms with E-state index in [4.69, 9.17) is 0 Å². The summed E-state index contributed by atoms with van der Waals surface area (Å²) in [5.41, 5.74) is 2.13. The second-order valence-electron chi connectivity index (χ2n) is 7.71. The van der Waals surface area contributed by atoms with Gasteiger partial charge in [0.1, 0.15) is 5.82 Å². The molecule has 3 nitrogen and oxygen atoms in total. The number of hydrogen-bond donors (Lipinski definition) is 0. The van der Waals surface area contributed by atoms with Crippen LogP contribution in [0.5, 0.6) is 0 Å². The predicted molar refractivity (Wildman–Crippen MR) is 100 cm³/mol. The first-order valence-corrected chi connectivity index (χ1v) is 9.36. The van der Waals surface area contributed by atoms with Crippen molar-refractivity contribution in [2.45, 2.75) is 25.3 Å². The summed E-state index contributed by atoms with van der Waals surface area (Å²) in [7, 11) is 1.93. The van der Waals surface area contributed by atoms with Crippen LogP contribution in [-0.2, 0) is 11.3 Å². The Morgan fingerprint density at radius 1 is 1.04 bits per heavy atom. The van der Waals surface area contributed by atoms with Gasteiger partial charge in [-0.1, -0.05) is 42.5 Å². The smallest absolute Gasteiger partial charge is 0.229 e. The largest absolute Gasteiger partial charge is 0.345 e. The first-order valence-electron chi connectivity index (χ1n) is 9.36. The van der Waals surface area contributed by atoms with Gasteiger partial charge in [-0.25, -0.2) is 4.39 Å². The monoisotopic (exact) mass is 352 g/mol. The van der Waals surface area contributed by atoms with Gasteiger partial charge in [0.05, 0.1) is 5.41 Å². The Balaban J connectivity index is 1.50. The molecule has 2 fully saturated rings. The predicted octanol–water partition coefficient (Wildman–Crippen LogP) is 3.66. The average molecular weight is 352 g/mol. The van der Waals surface area contributed by atoms with Crippen molar-refractivity contribution in [3.63, 3.8) is 0 Å². The van der Waals surface area contributed by atoms with E-state index in [0.717, 1.165) is 44.6 Å². The third kappa shape index (κ3) is 3.03. The van der Waals surface area contributed by atoms with E-state index in [9.17, 15) is 9.18 Å². The molecule has 1 atom stereocenters. The molecule has 4 heteroatoms. The average Bonchev–Trinajstić information content (AvgIpc) is 2.91. The normalized spacial score (nSPS) is 22.9. The van der Waals surface area contributed by atoms with Crippen molar-refractivity contribution in [1.82, 2.24) is 9.80 Å². The third-order valence-corrected chi connectivity index (χ3v) is 6.17. The zero-order chi connectivity index (χ0) is 18.1. The molecule has 0 radical (unpaired) electrons. The number of hydrogen-bond acceptors (Lipinski definition) is 2. The van der Waals surface area contributed by atoms with Crippen LogP contribution < -0.4 is 0 Å². The van der Waals surface area contributed by atoms with Crippen LogP contribution in [0.4, 0.5) is 4.39 Å². The van der Waals surface area contributed by atoms with Crippen molar-refractivity contribution in [2.24, 2.45) is 5.41 Å². The Labute approximate surface area is 154 Å². The topological polar surface area (TPSA) is 23.6 Å².